The maximum absolute atomic E-state index is 2.66. The van der Waals surface area contributed by atoms with E-state index in [-0.39, 0.29) is 10.8 Å². The lowest BCUT2D eigenvalue weighted by molar-refractivity contribution is 0.396. The highest BCUT2D eigenvalue weighted by Gasteiger charge is 2.43. The van der Waals surface area contributed by atoms with Crippen molar-refractivity contribution >= 4 is 0 Å². The van der Waals surface area contributed by atoms with Crippen LogP contribution >= 0.6 is 0 Å². The number of fused-ring (bicyclic) bond motifs is 3. The van der Waals surface area contributed by atoms with E-state index in [9.17, 15) is 0 Å². The van der Waals surface area contributed by atoms with E-state index < -0.39 is 0 Å². The van der Waals surface area contributed by atoms with Gasteiger partial charge in [0.05, 0.1) is 0 Å². The van der Waals surface area contributed by atoms with Gasteiger partial charge in [-0.3, -0.25) is 0 Å². The van der Waals surface area contributed by atoms with Gasteiger partial charge in [0.15, 0.2) is 0 Å². The van der Waals surface area contributed by atoms with Crippen LogP contribution in [0.15, 0.2) is 36.4 Å². The predicted octanol–water partition coefficient (Wildman–Crippen LogP) is 14.1. The van der Waals surface area contributed by atoms with Crippen LogP contribution in [0.25, 0.3) is 11.1 Å². The van der Waals surface area contributed by atoms with E-state index in [1.165, 1.54) is 126 Å². The summed E-state index contributed by atoms with van der Waals surface area (Å²) in [6, 6.07) is 15.2. The normalized spacial score (nSPS) is 14.3. The van der Waals surface area contributed by atoms with Crippen molar-refractivity contribution in [3.05, 3.63) is 58.7 Å². The number of rotatable bonds is 18. The quantitative estimate of drug-likeness (QED) is 0.159. The minimum Gasteiger partial charge on any atom is -0.0656 e. The maximum atomic E-state index is 2.66. The third-order valence-corrected chi connectivity index (χ3v) is 10.1. The van der Waals surface area contributed by atoms with Gasteiger partial charge in [-0.25, -0.2) is 0 Å². The molecule has 1 aliphatic carbocycles. The van der Waals surface area contributed by atoms with Crippen LogP contribution in [0.2, 0.25) is 0 Å². The SMILES string of the molecule is CCC.CCCCCCCCC1(CCCCCCCC)c2cc(C(C)CC)ccc2-c2ccc(C(C)(C)CC)cc21. The van der Waals surface area contributed by atoms with E-state index in [0.29, 0.717) is 5.92 Å². The van der Waals surface area contributed by atoms with E-state index in [0.717, 1.165) is 0 Å². The van der Waals surface area contributed by atoms with Crippen molar-refractivity contribution in [1.82, 2.24) is 0 Å². The molecule has 1 atom stereocenters. The molecule has 0 heteroatoms. The van der Waals surface area contributed by atoms with Crippen LogP contribution in [-0.2, 0) is 10.8 Å². The summed E-state index contributed by atoms with van der Waals surface area (Å²) in [5, 5.41) is 0. The van der Waals surface area contributed by atoms with Crippen LogP contribution in [0.5, 0.6) is 0 Å². The van der Waals surface area contributed by atoms with Gasteiger partial charge in [0.25, 0.3) is 0 Å². The van der Waals surface area contributed by atoms with Crippen molar-refractivity contribution < 1.29 is 0 Å². The molecule has 0 saturated heterocycles. The number of hydrogen-bond acceptors (Lipinski definition) is 0. The molecule has 41 heavy (non-hydrogen) atoms. The van der Waals surface area contributed by atoms with E-state index in [2.05, 4.69) is 98.7 Å². The number of hydrogen-bond donors (Lipinski definition) is 0. The van der Waals surface area contributed by atoms with Gasteiger partial charge >= 0.3 is 0 Å². The van der Waals surface area contributed by atoms with Crippen molar-refractivity contribution in [1.29, 1.82) is 0 Å². The highest BCUT2D eigenvalue weighted by Crippen LogP contribution is 2.55. The minimum atomic E-state index is 0.184. The zero-order valence-electron chi connectivity index (χ0n) is 29.1. The van der Waals surface area contributed by atoms with Crippen molar-refractivity contribution in [2.75, 3.05) is 0 Å². The molecule has 0 amide bonds. The summed E-state index contributed by atoms with van der Waals surface area (Å²) < 4.78 is 0. The Morgan fingerprint density at radius 3 is 1.56 bits per heavy atom. The maximum Gasteiger partial charge on any atom is 0.0215 e. The molecule has 0 nitrogen and oxygen atoms in total. The molecule has 1 unspecified atom stereocenters. The summed E-state index contributed by atoms with van der Waals surface area (Å²) in [5.74, 6) is 0.624. The van der Waals surface area contributed by atoms with Crippen LogP contribution in [-0.4, -0.2) is 0 Å². The Kier molecular flexibility index (Phi) is 15.8. The molecule has 0 saturated carbocycles. The van der Waals surface area contributed by atoms with Gasteiger partial charge in [-0.05, 0) is 70.4 Å². The fourth-order valence-corrected chi connectivity index (χ4v) is 6.76. The topological polar surface area (TPSA) is 0 Å². The Balaban J connectivity index is 0.00000187. The standard InChI is InChI=1S/C38H60.C3H8/c1-8-12-14-16-18-20-26-38(27-21-19-17-15-13-9-2)35-28-31(30(5)10-3)22-24-33(35)34-25-23-32(29-36(34)38)37(6,7)11-4;1-3-2/h22-25,28-30H,8-21,26-27H2,1-7H3;3H2,1-2H3. The molecule has 0 aromatic heterocycles. The van der Waals surface area contributed by atoms with Crippen molar-refractivity contribution in [2.24, 2.45) is 0 Å². The summed E-state index contributed by atoms with van der Waals surface area (Å²) >= 11 is 0. The highest BCUT2D eigenvalue weighted by atomic mass is 14.5. The Morgan fingerprint density at radius 2 is 1.07 bits per heavy atom. The molecular weight excluding hydrogens is 492 g/mol. The molecule has 0 N–H and O–H groups in total. The molecule has 0 radical (unpaired) electrons. The summed E-state index contributed by atoms with van der Waals surface area (Å²) in [6.45, 7) is 20.9. The Bertz CT molecular complexity index is 977. The average Bonchev–Trinajstić information content (AvgIpc) is 3.25. The van der Waals surface area contributed by atoms with E-state index in [1.807, 2.05) is 0 Å². The molecule has 0 heterocycles. The van der Waals surface area contributed by atoms with Gasteiger partial charge in [-0.1, -0.05) is 182 Å². The summed E-state index contributed by atoms with van der Waals surface area (Å²) in [6.07, 6.45) is 22.8. The molecule has 0 spiro atoms. The summed E-state index contributed by atoms with van der Waals surface area (Å²) in [5.41, 5.74) is 9.87. The van der Waals surface area contributed by atoms with Crippen LogP contribution < -0.4 is 0 Å². The Labute approximate surface area is 257 Å². The van der Waals surface area contributed by atoms with E-state index in [1.54, 1.807) is 16.7 Å². The zero-order valence-corrected chi connectivity index (χ0v) is 29.1. The molecule has 2 aromatic carbocycles. The monoisotopic (exact) mass is 561 g/mol. The molecule has 1 aliphatic rings. The molecule has 3 rings (SSSR count). The minimum absolute atomic E-state index is 0.184. The van der Waals surface area contributed by atoms with Gasteiger partial charge in [-0.2, -0.15) is 0 Å². The molecule has 232 valence electrons. The first-order valence-electron chi connectivity index (χ1n) is 18.1. The number of benzene rings is 2. The Hall–Kier alpha value is -1.56. The van der Waals surface area contributed by atoms with Gasteiger partial charge in [-0.15, -0.1) is 0 Å². The summed E-state index contributed by atoms with van der Waals surface area (Å²) in [7, 11) is 0. The van der Waals surface area contributed by atoms with Gasteiger partial charge < -0.3 is 0 Å². The highest BCUT2D eigenvalue weighted by molar-refractivity contribution is 5.82. The third-order valence-electron chi connectivity index (χ3n) is 10.1. The fourth-order valence-electron chi connectivity index (χ4n) is 6.76. The first-order valence-corrected chi connectivity index (χ1v) is 18.1. The lowest BCUT2D eigenvalue weighted by Gasteiger charge is -2.34. The van der Waals surface area contributed by atoms with E-state index in [4.69, 9.17) is 0 Å². The second kappa shape index (κ2) is 18.2. The molecule has 0 aliphatic heterocycles. The molecule has 2 aromatic rings. The molecular formula is C41H68. The van der Waals surface area contributed by atoms with Crippen molar-refractivity contribution in [3.63, 3.8) is 0 Å². The van der Waals surface area contributed by atoms with Crippen LogP contribution in [0, 0.1) is 0 Å². The second-order valence-electron chi connectivity index (χ2n) is 13.9. The van der Waals surface area contributed by atoms with Gasteiger partial charge in [0.2, 0.25) is 0 Å². The first kappa shape index (κ1) is 35.6. The molecule has 0 bridgehead atoms. The Morgan fingerprint density at radius 1 is 0.610 bits per heavy atom. The first-order chi connectivity index (χ1) is 19.8. The average molecular weight is 561 g/mol. The van der Waals surface area contributed by atoms with Crippen molar-refractivity contribution in [2.45, 2.75) is 188 Å². The third kappa shape index (κ3) is 9.46. The van der Waals surface area contributed by atoms with Gasteiger partial charge in [0, 0.05) is 5.41 Å². The van der Waals surface area contributed by atoms with Crippen LogP contribution in [0.4, 0.5) is 0 Å². The smallest absolute Gasteiger partial charge is 0.0215 e. The van der Waals surface area contributed by atoms with Crippen LogP contribution in [0.1, 0.15) is 200 Å². The second-order valence-corrected chi connectivity index (χ2v) is 13.9. The predicted molar refractivity (Wildman–Crippen MR) is 187 cm³/mol. The van der Waals surface area contributed by atoms with Crippen molar-refractivity contribution in [3.8, 4) is 11.1 Å². The zero-order chi connectivity index (χ0) is 30.3. The molecule has 0 fully saturated rings. The lowest BCUT2D eigenvalue weighted by Crippen LogP contribution is -2.27. The number of unbranched alkanes of at least 4 members (excludes halogenated alkanes) is 10. The summed E-state index contributed by atoms with van der Waals surface area (Å²) in [4.78, 5) is 0. The fraction of sp³-hybridized carbons (Fsp3) is 0.707. The van der Waals surface area contributed by atoms with Crippen LogP contribution in [0.3, 0.4) is 0 Å². The van der Waals surface area contributed by atoms with Gasteiger partial charge in [0.1, 0.15) is 0 Å². The van der Waals surface area contributed by atoms with E-state index >= 15 is 0 Å². The lowest BCUT2D eigenvalue weighted by atomic mass is 9.69. The largest absolute Gasteiger partial charge is 0.0656 e.